The van der Waals surface area contributed by atoms with Crippen LogP contribution in [0.3, 0.4) is 0 Å². The Hall–Kier alpha value is -2.08. The lowest BCUT2D eigenvalue weighted by atomic mass is 10.1. The zero-order valence-corrected chi connectivity index (χ0v) is 10.9. The molecule has 0 radical (unpaired) electrons. The van der Waals surface area contributed by atoms with Gasteiger partial charge in [-0.3, -0.25) is 14.6 Å². The summed E-state index contributed by atoms with van der Waals surface area (Å²) in [4.78, 5) is 26.4. The predicted octanol–water partition coefficient (Wildman–Crippen LogP) is 0.427. The van der Waals surface area contributed by atoms with E-state index in [0.29, 0.717) is 18.0 Å². The second-order valence-corrected chi connectivity index (χ2v) is 4.51. The number of carboxylic acid groups (broad SMARTS) is 1. The first kappa shape index (κ1) is 13.4. The number of nitrogens with zero attached hydrogens (tertiary/aromatic N) is 2. The summed E-state index contributed by atoms with van der Waals surface area (Å²) in [7, 11) is 3.29. The average Bonchev–Trinajstić information content (AvgIpc) is 2.38. The first-order valence-electron chi connectivity index (χ1n) is 5.90. The van der Waals surface area contributed by atoms with Gasteiger partial charge in [0.25, 0.3) is 0 Å². The van der Waals surface area contributed by atoms with Crippen molar-refractivity contribution in [2.75, 3.05) is 32.1 Å². The van der Waals surface area contributed by atoms with Crippen LogP contribution in [0.5, 0.6) is 5.75 Å². The first-order valence-corrected chi connectivity index (χ1v) is 5.90. The van der Waals surface area contributed by atoms with E-state index in [9.17, 15) is 14.7 Å². The van der Waals surface area contributed by atoms with Crippen LogP contribution in [0.1, 0.15) is 0 Å². The van der Waals surface area contributed by atoms with Gasteiger partial charge >= 0.3 is 5.97 Å². The van der Waals surface area contributed by atoms with Gasteiger partial charge in [0.1, 0.15) is 11.8 Å². The standard InChI is InChI=1S/C13H16N2O4/c1-14-7-11(13(17)18)15(12(16)8-14)9-3-5-10(19-2)6-4-9/h3-6,11H,7-8H2,1-2H3,(H,17,18). The number of carbonyl (C=O) groups is 2. The summed E-state index contributed by atoms with van der Waals surface area (Å²) in [6, 6.07) is 5.94. The summed E-state index contributed by atoms with van der Waals surface area (Å²) >= 11 is 0. The molecular weight excluding hydrogens is 248 g/mol. The molecule has 1 aromatic carbocycles. The molecule has 1 unspecified atom stereocenters. The maximum absolute atomic E-state index is 12.1. The molecular formula is C13H16N2O4. The maximum atomic E-state index is 12.1. The molecule has 1 saturated heterocycles. The number of hydrogen-bond acceptors (Lipinski definition) is 4. The van der Waals surface area contributed by atoms with Crippen molar-refractivity contribution in [2.45, 2.75) is 6.04 Å². The van der Waals surface area contributed by atoms with Crippen molar-refractivity contribution < 1.29 is 19.4 Å². The Bertz CT molecular complexity index is 486. The molecule has 1 heterocycles. The highest BCUT2D eigenvalue weighted by atomic mass is 16.5. The fourth-order valence-electron chi connectivity index (χ4n) is 2.18. The van der Waals surface area contributed by atoms with Gasteiger partial charge in [-0.05, 0) is 31.3 Å². The van der Waals surface area contributed by atoms with Crippen molar-refractivity contribution in [3.05, 3.63) is 24.3 Å². The number of piperazine rings is 1. The molecule has 0 aromatic heterocycles. The molecule has 1 aromatic rings. The summed E-state index contributed by atoms with van der Waals surface area (Å²) in [6.07, 6.45) is 0. The number of likely N-dealkylation sites (N-methyl/N-ethyl adjacent to an activating group) is 1. The van der Waals surface area contributed by atoms with Crippen molar-refractivity contribution in [1.82, 2.24) is 4.90 Å². The molecule has 6 heteroatoms. The molecule has 0 saturated carbocycles. The van der Waals surface area contributed by atoms with E-state index in [2.05, 4.69) is 0 Å². The summed E-state index contributed by atoms with van der Waals surface area (Å²) in [5, 5.41) is 9.26. The smallest absolute Gasteiger partial charge is 0.328 e. The van der Waals surface area contributed by atoms with Gasteiger partial charge in [-0.2, -0.15) is 0 Å². The number of hydrogen-bond donors (Lipinski definition) is 1. The van der Waals surface area contributed by atoms with E-state index in [1.807, 2.05) is 0 Å². The second kappa shape index (κ2) is 5.27. The van der Waals surface area contributed by atoms with Crippen LogP contribution in [0.25, 0.3) is 0 Å². The number of rotatable bonds is 3. The second-order valence-electron chi connectivity index (χ2n) is 4.51. The van der Waals surface area contributed by atoms with Crippen molar-refractivity contribution in [3.8, 4) is 5.75 Å². The molecule has 1 atom stereocenters. The summed E-state index contributed by atoms with van der Waals surface area (Å²) in [5.74, 6) is -0.556. The first-order chi connectivity index (χ1) is 9.02. The van der Waals surface area contributed by atoms with Crippen LogP contribution < -0.4 is 9.64 Å². The summed E-state index contributed by atoms with van der Waals surface area (Å²) < 4.78 is 5.05. The number of methoxy groups -OCH3 is 1. The maximum Gasteiger partial charge on any atom is 0.328 e. The lowest BCUT2D eigenvalue weighted by molar-refractivity contribution is -0.142. The van der Waals surface area contributed by atoms with E-state index in [0.717, 1.165) is 0 Å². The summed E-state index contributed by atoms with van der Waals surface area (Å²) in [6.45, 7) is 0.531. The molecule has 1 amide bonds. The lowest BCUT2D eigenvalue weighted by Gasteiger charge is -2.37. The number of amides is 1. The van der Waals surface area contributed by atoms with Crippen LogP contribution in [0.2, 0.25) is 0 Å². The van der Waals surface area contributed by atoms with Crippen molar-refractivity contribution in [2.24, 2.45) is 0 Å². The quantitative estimate of drug-likeness (QED) is 0.857. The third-order valence-corrected chi connectivity index (χ3v) is 3.11. The van der Waals surface area contributed by atoms with Gasteiger partial charge in [0.05, 0.1) is 13.7 Å². The third kappa shape index (κ3) is 2.68. The van der Waals surface area contributed by atoms with Crippen LogP contribution in [-0.4, -0.2) is 55.2 Å². The van der Waals surface area contributed by atoms with Crippen molar-refractivity contribution >= 4 is 17.6 Å². The van der Waals surface area contributed by atoms with Crippen LogP contribution in [-0.2, 0) is 9.59 Å². The Kier molecular flexibility index (Phi) is 3.71. The minimum atomic E-state index is -1.00. The Morgan fingerprint density at radius 3 is 2.53 bits per heavy atom. The summed E-state index contributed by atoms with van der Waals surface area (Å²) in [5.41, 5.74) is 0.575. The zero-order chi connectivity index (χ0) is 14.0. The van der Waals surface area contributed by atoms with Crippen LogP contribution in [0.15, 0.2) is 24.3 Å². The molecule has 0 aliphatic carbocycles. The van der Waals surface area contributed by atoms with E-state index < -0.39 is 12.0 Å². The van der Waals surface area contributed by atoms with E-state index in [-0.39, 0.29) is 12.5 Å². The van der Waals surface area contributed by atoms with Gasteiger partial charge in [-0.1, -0.05) is 0 Å². The third-order valence-electron chi connectivity index (χ3n) is 3.11. The number of benzene rings is 1. The van der Waals surface area contributed by atoms with Gasteiger partial charge in [-0.25, -0.2) is 4.79 Å². The monoisotopic (exact) mass is 264 g/mol. The van der Waals surface area contributed by atoms with Gasteiger partial charge in [0, 0.05) is 12.2 Å². The minimum Gasteiger partial charge on any atom is -0.497 e. The highest BCUT2D eigenvalue weighted by Gasteiger charge is 2.36. The SMILES string of the molecule is COc1ccc(N2C(=O)CN(C)CC2C(=O)O)cc1. The van der Waals surface area contributed by atoms with Gasteiger partial charge < -0.3 is 9.84 Å². The Morgan fingerprint density at radius 2 is 2.00 bits per heavy atom. The molecule has 2 rings (SSSR count). The Morgan fingerprint density at radius 1 is 1.37 bits per heavy atom. The van der Waals surface area contributed by atoms with E-state index in [1.165, 1.54) is 4.90 Å². The van der Waals surface area contributed by atoms with E-state index >= 15 is 0 Å². The highest BCUT2D eigenvalue weighted by molar-refractivity contribution is 6.01. The molecule has 0 bridgehead atoms. The molecule has 1 fully saturated rings. The Balaban J connectivity index is 2.32. The number of aliphatic carboxylic acids is 1. The van der Waals surface area contributed by atoms with Crippen LogP contribution in [0.4, 0.5) is 5.69 Å². The molecule has 1 aliphatic heterocycles. The number of carboxylic acids is 1. The fourth-order valence-corrected chi connectivity index (χ4v) is 2.18. The van der Waals surface area contributed by atoms with E-state index in [1.54, 1.807) is 43.3 Å². The Labute approximate surface area is 111 Å². The fraction of sp³-hybridized carbons (Fsp3) is 0.385. The molecule has 0 spiro atoms. The molecule has 1 aliphatic rings. The van der Waals surface area contributed by atoms with Crippen molar-refractivity contribution in [3.63, 3.8) is 0 Å². The highest BCUT2D eigenvalue weighted by Crippen LogP contribution is 2.24. The number of carbonyl (C=O) groups excluding carboxylic acids is 1. The van der Waals surface area contributed by atoms with Crippen molar-refractivity contribution in [1.29, 1.82) is 0 Å². The molecule has 6 nitrogen and oxygen atoms in total. The van der Waals surface area contributed by atoms with Crippen LogP contribution >= 0.6 is 0 Å². The predicted molar refractivity (Wildman–Crippen MR) is 69.4 cm³/mol. The number of anilines is 1. The molecule has 102 valence electrons. The topological polar surface area (TPSA) is 70.1 Å². The largest absolute Gasteiger partial charge is 0.497 e. The lowest BCUT2D eigenvalue weighted by Crippen LogP contribution is -2.58. The number of ether oxygens (including phenoxy) is 1. The zero-order valence-electron chi connectivity index (χ0n) is 10.9. The minimum absolute atomic E-state index is 0.216. The normalized spacial score (nSPS) is 20.4. The molecule has 1 N–H and O–H groups in total. The van der Waals surface area contributed by atoms with Gasteiger partial charge in [0.15, 0.2) is 0 Å². The van der Waals surface area contributed by atoms with Gasteiger partial charge in [0.2, 0.25) is 5.91 Å². The van der Waals surface area contributed by atoms with Crippen LogP contribution in [0, 0.1) is 0 Å². The van der Waals surface area contributed by atoms with Gasteiger partial charge in [-0.15, -0.1) is 0 Å². The molecule has 19 heavy (non-hydrogen) atoms. The van der Waals surface area contributed by atoms with E-state index in [4.69, 9.17) is 4.74 Å². The average molecular weight is 264 g/mol.